The number of rotatable bonds is 6. The van der Waals surface area contributed by atoms with Crippen molar-refractivity contribution >= 4 is 40.3 Å². The number of amides is 2. The third kappa shape index (κ3) is 4.99. The van der Waals surface area contributed by atoms with Crippen LogP contribution in [0.4, 0.5) is 5.69 Å². The Morgan fingerprint density at radius 2 is 1.84 bits per heavy atom. The Bertz CT molecular complexity index is 1120. The van der Waals surface area contributed by atoms with E-state index in [1.165, 1.54) is 11.8 Å². The van der Waals surface area contributed by atoms with Crippen molar-refractivity contribution in [2.45, 2.75) is 63.8 Å². The summed E-state index contributed by atoms with van der Waals surface area (Å²) in [5, 5.41) is 3.63. The fourth-order valence-electron chi connectivity index (χ4n) is 4.50. The first kappa shape index (κ1) is 22.4. The molecule has 0 radical (unpaired) electrons. The maximum absolute atomic E-state index is 13.3. The molecule has 2 aromatic carbocycles. The van der Waals surface area contributed by atoms with Crippen molar-refractivity contribution in [1.82, 2.24) is 14.5 Å². The first-order valence-electron chi connectivity index (χ1n) is 11.2. The zero-order valence-corrected chi connectivity index (χ0v) is 19.7. The Hall–Kier alpha value is -2.80. The molecule has 4 rings (SSSR count). The van der Waals surface area contributed by atoms with Crippen LogP contribution in [-0.4, -0.2) is 44.1 Å². The van der Waals surface area contributed by atoms with Gasteiger partial charge in [0.05, 0.1) is 16.8 Å². The first-order chi connectivity index (χ1) is 15.4. The van der Waals surface area contributed by atoms with Crippen molar-refractivity contribution in [2.75, 3.05) is 11.1 Å². The zero-order valence-electron chi connectivity index (χ0n) is 18.9. The number of carbonyl (C=O) groups excluding carboxylic acids is 2. The largest absolute Gasteiger partial charge is 0.336 e. The zero-order chi connectivity index (χ0) is 22.7. The lowest BCUT2D eigenvalue weighted by atomic mass is 9.97. The SMILES string of the molecule is Cc1cccc(NC(=O)CSc2nc3ccccc3n2CC(=O)N2C(C)CCCC2C)c1. The van der Waals surface area contributed by atoms with Crippen molar-refractivity contribution in [3.8, 4) is 0 Å². The highest BCUT2D eigenvalue weighted by molar-refractivity contribution is 7.99. The second kappa shape index (κ2) is 9.77. The molecule has 1 fully saturated rings. The third-order valence-corrected chi connectivity index (χ3v) is 7.01. The summed E-state index contributed by atoms with van der Waals surface area (Å²) in [5.74, 6) is 0.241. The molecular formula is C25H30N4O2S. The molecule has 0 bridgehead atoms. The van der Waals surface area contributed by atoms with Gasteiger partial charge in [0.25, 0.3) is 0 Å². The van der Waals surface area contributed by atoms with E-state index in [1.54, 1.807) is 0 Å². The Balaban J connectivity index is 1.51. The van der Waals surface area contributed by atoms with Gasteiger partial charge in [-0.1, -0.05) is 36.0 Å². The number of benzene rings is 2. The summed E-state index contributed by atoms with van der Waals surface area (Å²) in [6.45, 7) is 6.49. The molecule has 2 atom stereocenters. The Morgan fingerprint density at radius 3 is 2.59 bits per heavy atom. The predicted molar refractivity (Wildman–Crippen MR) is 130 cm³/mol. The van der Waals surface area contributed by atoms with E-state index >= 15 is 0 Å². The second-order valence-electron chi connectivity index (χ2n) is 8.61. The Morgan fingerprint density at radius 1 is 1.09 bits per heavy atom. The number of para-hydroxylation sites is 2. The average Bonchev–Trinajstić information content (AvgIpc) is 3.09. The Kier molecular flexibility index (Phi) is 6.84. The number of nitrogens with one attached hydrogen (secondary N) is 1. The van der Waals surface area contributed by atoms with Crippen LogP contribution in [0, 0.1) is 6.92 Å². The number of nitrogens with zero attached hydrogens (tertiary/aromatic N) is 3. The molecule has 1 aromatic heterocycles. The lowest BCUT2D eigenvalue weighted by Crippen LogP contribution is -2.48. The van der Waals surface area contributed by atoms with Gasteiger partial charge < -0.3 is 14.8 Å². The summed E-state index contributed by atoms with van der Waals surface area (Å²) in [4.78, 5) is 32.6. The summed E-state index contributed by atoms with van der Waals surface area (Å²) >= 11 is 1.36. The number of carbonyl (C=O) groups is 2. The van der Waals surface area contributed by atoms with Gasteiger partial charge in [0.15, 0.2) is 5.16 Å². The lowest BCUT2D eigenvalue weighted by Gasteiger charge is -2.39. The van der Waals surface area contributed by atoms with Crippen LogP contribution >= 0.6 is 11.8 Å². The van der Waals surface area contributed by atoms with Gasteiger partial charge in [-0.25, -0.2) is 4.98 Å². The van der Waals surface area contributed by atoms with Crippen LogP contribution in [-0.2, 0) is 16.1 Å². The maximum atomic E-state index is 13.3. The number of anilines is 1. The summed E-state index contributed by atoms with van der Waals surface area (Å²) in [7, 11) is 0. The summed E-state index contributed by atoms with van der Waals surface area (Å²) in [6, 6.07) is 16.1. The molecule has 1 aliphatic heterocycles. The molecule has 2 unspecified atom stereocenters. The van der Waals surface area contributed by atoms with E-state index < -0.39 is 0 Å². The fourth-order valence-corrected chi connectivity index (χ4v) is 5.31. The van der Waals surface area contributed by atoms with Crippen LogP contribution in [0.3, 0.4) is 0 Å². The van der Waals surface area contributed by atoms with Crippen LogP contribution < -0.4 is 5.32 Å². The van der Waals surface area contributed by atoms with Crippen molar-refractivity contribution in [3.05, 3.63) is 54.1 Å². The van der Waals surface area contributed by atoms with Crippen LogP contribution in [0.25, 0.3) is 11.0 Å². The van der Waals surface area contributed by atoms with Gasteiger partial charge >= 0.3 is 0 Å². The quantitative estimate of drug-likeness (QED) is 0.545. The highest BCUT2D eigenvalue weighted by Gasteiger charge is 2.29. The summed E-state index contributed by atoms with van der Waals surface area (Å²) in [5.41, 5.74) is 3.63. The fraction of sp³-hybridized carbons (Fsp3) is 0.400. The van der Waals surface area contributed by atoms with E-state index in [-0.39, 0.29) is 36.2 Å². The number of imidazole rings is 1. The summed E-state index contributed by atoms with van der Waals surface area (Å²) in [6.07, 6.45) is 3.25. The van der Waals surface area contributed by atoms with Crippen molar-refractivity contribution in [1.29, 1.82) is 0 Å². The standard InChI is InChI=1S/C25H30N4O2S/c1-17-8-6-11-20(14-17)26-23(30)16-32-25-27-21-12-4-5-13-22(21)28(25)15-24(31)29-18(2)9-7-10-19(29)3/h4-6,8,11-14,18-19H,7,9-10,15-16H2,1-3H3,(H,26,30). The van der Waals surface area contributed by atoms with Crippen molar-refractivity contribution < 1.29 is 9.59 Å². The number of hydrogen-bond donors (Lipinski definition) is 1. The normalized spacial score (nSPS) is 18.7. The van der Waals surface area contributed by atoms with Gasteiger partial charge in [-0.2, -0.15) is 0 Å². The van der Waals surface area contributed by atoms with E-state index in [9.17, 15) is 9.59 Å². The highest BCUT2D eigenvalue weighted by atomic mass is 32.2. The molecule has 1 N–H and O–H groups in total. The first-order valence-corrected chi connectivity index (χ1v) is 12.2. The molecule has 7 heteroatoms. The number of aryl methyl sites for hydroxylation is 1. The van der Waals surface area contributed by atoms with Crippen LogP contribution in [0.1, 0.15) is 38.7 Å². The highest BCUT2D eigenvalue weighted by Crippen LogP contribution is 2.27. The van der Waals surface area contributed by atoms with Gasteiger partial charge in [0.2, 0.25) is 11.8 Å². The smallest absolute Gasteiger partial charge is 0.243 e. The molecule has 2 heterocycles. The van der Waals surface area contributed by atoms with Gasteiger partial charge in [0.1, 0.15) is 6.54 Å². The number of fused-ring (bicyclic) bond motifs is 1. The molecule has 0 aliphatic carbocycles. The van der Waals surface area contributed by atoms with Crippen LogP contribution in [0.2, 0.25) is 0 Å². The van der Waals surface area contributed by atoms with E-state index in [0.717, 1.165) is 41.5 Å². The van der Waals surface area contributed by atoms with E-state index in [1.807, 2.05) is 64.9 Å². The molecular weight excluding hydrogens is 420 g/mol. The molecule has 3 aromatic rings. The minimum Gasteiger partial charge on any atom is -0.336 e. The van der Waals surface area contributed by atoms with Crippen molar-refractivity contribution in [2.24, 2.45) is 0 Å². The monoisotopic (exact) mass is 450 g/mol. The number of thioether (sulfide) groups is 1. The molecule has 168 valence electrons. The predicted octanol–water partition coefficient (Wildman–Crippen LogP) is 4.87. The van der Waals surface area contributed by atoms with E-state index in [0.29, 0.717) is 5.16 Å². The van der Waals surface area contributed by atoms with Gasteiger partial charge in [-0.15, -0.1) is 0 Å². The number of aromatic nitrogens is 2. The molecule has 6 nitrogen and oxygen atoms in total. The number of likely N-dealkylation sites (tertiary alicyclic amines) is 1. The third-order valence-electron chi connectivity index (χ3n) is 6.03. The molecule has 0 spiro atoms. The summed E-state index contributed by atoms with van der Waals surface area (Å²) < 4.78 is 1.95. The van der Waals surface area contributed by atoms with Crippen molar-refractivity contribution in [3.63, 3.8) is 0 Å². The van der Waals surface area contributed by atoms with Gasteiger partial charge in [0, 0.05) is 17.8 Å². The maximum Gasteiger partial charge on any atom is 0.243 e. The van der Waals surface area contributed by atoms with Gasteiger partial charge in [-0.05, 0) is 69.9 Å². The topological polar surface area (TPSA) is 67.2 Å². The number of piperidine rings is 1. The molecule has 1 saturated heterocycles. The number of hydrogen-bond acceptors (Lipinski definition) is 4. The molecule has 2 amide bonds. The minimum absolute atomic E-state index is 0.0937. The minimum atomic E-state index is -0.0937. The van der Waals surface area contributed by atoms with E-state index in [2.05, 4.69) is 19.2 Å². The van der Waals surface area contributed by atoms with E-state index in [4.69, 9.17) is 4.98 Å². The molecule has 0 saturated carbocycles. The Labute approximate surface area is 193 Å². The molecule has 1 aliphatic rings. The molecule has 32 heavy (non-hydrogen) atoms. The van der Waals surface area contributed by atoms with Crippen LogP contribution in [0.5, 0.6) is 0 Å². The average molecular weight is 451 g/mol. The lowest BCUT2D eigenvalue weighted by molar-refractivity contribution is -0.138. The second-order valence-corrected chi connectivity index (χ2v) is 9.55. The van der Waals surface area contributed by atoms with Crippen LogP contribution in [0.15, 0.2) is 53.7 Å². The van der Waals surface area contributed by atoms with Gasteiger partial charge in [-0.3, -0.25) is 9.59 Å².